The minimum Gasteiger partial charge on any atom is -0.0883 e. The van der Waals surface area contributed by atoms with Gasteiger partial charge in [0, 0.05) is 5.33 Å². The van der Waals surface area contributed by atoms with Gasteiger partial charge in [-0.15, -0.1) is 0 Å². The Morgan fingerprint density at radius 1 is 1.07 bits per heavy atom. The van der Waals surface area contributed by atoms with Crippen molar-refractivity contribution in [3.63, 3.8) is 0 Å². The van der Waals surface area contributed by atoms with Gasteiger partial charge in [0.25, 0.3) is 0 Å². The molecule has 0 aliphatic carbocycles. The third kappa shape index (κ3) is 8.55. The predicted octanol–water partition coefficient (Wildman–Crippen LogP) is 5.24. The largest absolute Gasteiger partial charge is 0.0883 e. The van der Waals surface area contributed by atoms with Gasteiger partial charge in [-0.3, -0.25) is 0 Å². The van der Waals surface area contributed by atoms with Gasteiger partial charge in [0.2, 0.25) is 0 Å². The highest BCUT2D eigenvalue weighted by molar-refractivity contribution is 9.09. The fourth-order valence-corrected chi connectivity index (χ4v) is 1.89. The molecule has 0 aromatic heterocycles. The fourth-order valence-electron chi connectivity index (χ4n) is 1.34. The Morgan fingerprint density at radius 3 is 2.29 bits per heavy atom. The fraction of sp³-hybridized carbons (Fsp3) is 0.692. The predicted molar refractivity (Wildman–Crippen MR) is 70.1 cm³/mol. The first-order valence-electron chi connectivity index (χ1n) is 5.58. The summed E-state index contributed by atoms with van der Waals surface area (Å²) >= 11 is 3.41. The maximum absolute atomic E-state index is 3.41. The quantitative estimate of drug-likeness (QED) is 0.433. The second-order valence-electron chi connectivity index (χ2n) is 3.90. The Kier molecular flexibility index (Phi) is 9.49. The van der Waals surface area contributed by atoms with Gasteiger partial charge < -0.3 is 0 Å². The van der Waals surface area contributed by atoms with Crippen molar-refractivity contribution in [1.82, 2.24) is 0 Å². The molecule has 0 radical (unpaired) electrons. The number of unbranched alkanes of at least 4 members (excludes halogenated alkanes) is 1. The molecule has 0 bridgehead atoms. The monoisotopic (exact) mass is 258 g/mol. The van der Waals surface area contributed by atoms with E-state index in [0.717, 1.165) is 5.33 Å². The summed E-state index contributed by atoms with van der Waals surface area (Å²) in [6.45, 7) is 6.70. The minimum absolute atomic E-state index is 0.983. The average Bonchev–Trinajstić information content (AvgIpc) is 2.15. The molecule has 0 nitrogen and oxygen atoms in total. The van der Waals surface area contributed by atoms with Crippen LogP contribution in [0.15, 0.2) is 23.3 Å². The molecule has 14 heavy (non-hydrogen) atoms. The van der Waals surface area contributed by atoms with Crippen molar-refractivity contribution in [3.8, 4) is 0 Å². The second-order valence-corrected chi connectivity index (χ2v) is 4.54. The lowest BCUT2D eigenvalue weighted by molar-refractivity contribution is 0.781. The van der Waals surface area contributed by atoms with Crippen molar-refractivity contribution in [1.29, 1.82) is 0 Å². The Bertz CT molecular complexity index is 189. The second kappa shape index (κ2) is 9.51. The molecule has 0 aliphatic rings. The Hall–Kier alpha value is -0.0400. The van der Waals surface area contributed by atoms with Crippen LogP contribution >= 0.6 is 15.9 Å². The number of rotatable bonds is 7. The molecular formula is C13H23Br. The Labute approximate surface area is 97.6 Å². The number of allylic oxidation sites excluding steroid dienone is 4. The highest BCUT2D eigenvalue weighted by Gasteiger charge is 1.90. The van der Waals surface area contributed by atoms with E-state index in [1.165, 1.54) is 37.7 Å². The lowest BCUT2D eigenvalue weighted by Crippen LogP contribution is -1.80. The first-order chi connectivity index (χ1) is 6.70. The summed E-state index contributed by atoms with van der Waals surface area (Å²) in [7, 11) is 0. The summed E-state index contributed by atoms with van der Waals surface area (Å²) < 4.78 is 0. The van der Waals surface area contributed by atoms with Gasteiger partial charge in [-0.2, -0.15) is 0 Å². The first kappa shape index (κ1) is 14.0. The lowest BCUT2D eigenvalue weighted by atomic mass is 10.1. The van der Waals surface area contributed by atoms with E-state index in [4.69, 9.17) is 0 Å². The molecule has 0 aromatic rings. The van der Waals surface area contributed by atoms with Gasteiger partial charge in [-0.25, -0.2) is 0 Å². The van der Waals surface area contributed by atoms with Crippen LogP contribution in [-0.4, -0.2) is 5.33 Å². The Balaban J connectivity index is 3.64. The molecule has 82 valence electrons. The van der Waals surface area contributed by atoms with E-state index < -0.39 is 0 Å². The van der Waals surface area contributed by atoms with E-state index in [9.17, 15) is 0 Å². The molecule has 0 atom stereocenters. The normalized spacial score (nSPS) is 13.4. The minimum atomic E-state index is 0.983. The topological polar surface area (TPSA) is 0 Å². The van der Waals surface area contributed by atoms with Crippen molar-refractivity contribution in [2.45, 2.75) is 52.9 Å². The van der Waals surface area contributed by atoms with E-state index in [1.807, 2.05) is 0 Å². The molecule has 0 fully saturated rings. The van der Waals surface area contributed by atoms with Gasteiger partial charge in [0.05, 0.1) is 0 Å². The van der Waals surface area contributed by atoms with E-state index in [-0.39, 0.29) is 0 Å². The summed E-state index contributed by atoms with van der Waals surface area (Å²) in [5.74, 6) is 0. The maximum atomic E-state index is 3.41. The summed E-state index contributed by atoms with van der Waals surface area (Å²) in [4.78, 5) is 0. The van der Waals surface area contributed by atoms with Crippen molar-refractivity contribution in [3.05, 3.63) is 23.3 Å². The molecule has 0 aromatic carbocycles. The molecule has 0 spiro atoms. The van der Waals surface area contributed by atoms with E-state index in [1.54, 1.807) is 5.57 Å². The highest BCUT2D eigenvalue weighted by Crippen LogP contribution is 2.11. The van der Waals surface area contributed by atoms with Crippen LogP contribution in [-0.2, 0) is 0 Å². The zero-order valence-electron chi connectivity index (χ0n) is 9.78. The van der Waals surface area contributed by atoms with E-state index in [0.29, 0.717) is 0 Å². The number of hydrogen-bond donors (Lipinski definition) is 0. The molecule has 1 heteroatoms. The SMILES string of the molecule is CCCC/C(C)=C/CC/C(C)=C/CBr. The van der Waals surface area contributed by atoms with Gasteiger partial charge in [0.15, 0.2) is 0 Å². The lowest BCUT2D eigenvalue weighted by Gasteiger charge is -2.00. The van der Waals surface area contributed by atoms with Gasteiger partial charge in [-0.05, 0) is 39.5 Å². The highest BCUT2D eigenvalue weighted by atomic mass is 79.9. The third-order valence-electron chi connectivity index (χ3n) is 2.38. The van der Waals surface area contributed by atoms with Crippen LogP contribution in [0.4, 0.5) is 0 Å². The van der Waals surface area contributed by atoms with Crippen molar-refractivity contribution in [2.24, 2.45) is 0 Å². The van der Waals surface area contributed by atoms with E-state index in [2.05, 4.69) is 48.9 Å². The summed E-state index contributed by atoms with van der Waals surface area (Å²) in [5.41, 5.74) is 3.04. The number of hydrogen-bond acceptors (Lipinski definition) is 0. The number of halogens is 1. The molecule has 0 saturated heterocycles. The van der Waals surface area contributed by atoms with Crippen LogP contribution in [0.3, 0.4) is 0 Å². The van der Waals surface area contributed by atoms with E-state index >= 15 is 0 Å². The summed E-state index contributed by atoms with van der Waals surface area (Å²) in [6, 6.07) is 0. The molecule has 0 aliphatic heterocycles. The smallest absolute Gasteiger partial charge is 0.0214 e. The van der Waals surface area contributed by atoms with Crippen LogP contribution in [0.5, 0.6) is 0 Å². The van der Waals surface area contributed by atoms with Gasteiger partial charge >= 0.3 is 0 Å². The first-order valence-corrected chi connectivity index (χ1v) is 6.70. The zero-order valence-corrected chi connectivity index (χ0v) is 11.4. The van der Waals surface area contributed by atoms with Crippen LogP contribution in [0.2, 0.25) is 0 Å². The molecule has 0 rings (SSSR count). The standard InChI is InChI=1S/C13H23Br/c1-4-5-7-12(2)8-6-9-13(3)10-11-14/h8,10H,4-7,9,11H2,1-3H3/b12-8+,13-10+. The van der Waals surface area contributed by atoms with Gasteiger partial charge in [0.1, 0.15) is 0 Å². The molecule has 0 saturated carbocycles. The van der Waals surface area contributed by atoms with Crippen LogP contribution in [0.1, 0.15) is 52.9 Å². The summed E-state index contributed by atoms with van der Waals surface area (Å²) in [6.07, 6.45) is 10.9. The van der Waals surface area contributed by atoms with Crippen molar-refractivity contribution >= 4 is 15.9 Å². The number of alkyl halides is 1. The van der Waals surface area contributed by atoms with Crippen molar-refractivity contribution in [2.75, 3.05) is 5.33 Å². The third-order valence-corrected chi connectivity index (χ3v) is 2.71. The van der Waals surface area contributed by atoms with Crippen LogP contribution in [0.25, 0.3) is 0 Å². The molecule has 0 N–H and O–H groups in total. The molecule has 0 unspecified atom stereocenters. The molecule has 0 heterocycles. The zero-order chi connectivity index (χ0) is 10.8. The molecular weight excluding hydrogens is 236 g/mol. The summed E-state index contributed by atoms with van der Waals surface area (Å²) in [5, 5.41) is 0.983. The van der Waals surface area contributed by atoms with Crippen LogP contribution < -0.4 is 0 Å². The van der Waals surface area contributed by atoms with Crippen LogP contribution in [0, 0.1) is 0 Å². The average molecular weight is 259 g/mol. The Morgan fingerprint density at radius 2 is 1.71 bits per heavy atom. The van der Waals surface area contributed by atoms with Crippen molar-refractivity contribution < 1.29 is 0 Å². The maximum Gasteiger partial charge on any atom is 0.0214 e. The molecule has 0 amide bonds. The van der Waals surface area contributed by atoms with Gasteiger partial charge in [-0.1, -0.05) is 52.6 Å².